The van der Waals surface area contributed by atoms with E-state index in [1.54, 1.807) is 0 Å². The standard InChI is InChI=1S/C10H12N2/c1-8(2)10-4-3-9-7-11-5-6-12(9)10/h3-8H,1-2H3. The SMILES string of the molecule is CC(C)c1ccc2cnccn12. The van der Waals surface area contributed by atoms with Crippen LogP contribution >= 0.6 is 0 Å². The van der Waals surface area contributed by atoms with Gasteiger partial charge >= 0.3 is 0 Å². The summed E-state index contributed by atoms with van der Waals surface area (Å²) in [4.78, 5) is 4.06. The maximum atomic E-state index is 4.06. The first-order valence-corrected chi connectivity index (χ1v) is 4.20. The van der Waals surface area contributed by atoms with Crippen LogP contribution in [-0.2, 0) is 0 Å². The largest absolute Gasteiger partial charge is 0.318 e. The lowest BCUT2D eigenvalue weighted by molar-refractivity contribution is 0.807. The number of hydrogen-bond acceptors (Lipinski definition) is 1. The third-order valence-corrected chi connectivity index (χ3v) is 2.08. The molecule has 0 unspecified atom stereocenters. The van der Waals surface area contributed by atoms with Gasteiger partial charge in [-0.3, -0.25) is 4.98 Å². The Labute approximate surface area is 71.9 Å². The summed E-state index contributed by atoms with van der Waals surface area (Å²) >= 11 is 0. The number of hydrogen-bond donors (Lipinski definition) is 0. The van der Waals surface area contributed by atoms with Gasteiger partial charge in [0.2, 0.25) is 0 Å². The van der Waals surface area contributed by atoms with Gasteiger partial charge in [0.25, 0.3) is 0 Å². The molecule has 0 amide bonds. The van der Waals surface area contributed by atoms with Crippen LogP contribution in [0.4, 0.5) is 0 Å². The Kier molecular flexibility index (Phi) is 1.61. The minimum Gasteiger partial charge on any atom is -0.318 e. The maximum absolute atomic E-state index is 4.06. The molecule has 0 aliphatic carbocycles. The van der Waals surface area contributed by atoms with Crippen molar-refractivity contribution in [2.24, 2.45) is 0 Å². The van der Waals surface area contributed by atoms with Gasteiger partial charge in [-0.2, -0.15) is 0 Å². The molecule has 2 rings (SSSR count). The van der Waals surface area contributed by atoms with Crippen molar-refractivity contribution in [1.29, 1.82) is 0 Å². The van der Waals surface area contributed by atoms with E-state index in [0.29, 0.717) is 5.92 Å². The second-order valence-corrected chi connectivity index (χ2v) is 3.28. The van der Waals surface area contributed by atoms with Crippen molar-refractivity contribution in [3.63, 3.8) is 0 Å². The van der Waals surface area contributed by atoms with Gasteiger partial charge in [-0.1, -0.05) is 13.8 Å². The van der Waals surface area contributed by atoms with E-state index in [0.717, 1.165) is 0 Å². The van der Waals surface area contributed by atoms with Gasteiger partial charge < -0.3 is 4.40 Å². The van der Waals surface area contributed by atoms with E-state index in [4.69, 9.17) is 0 Å². The average molecular weight is 160 g/mol. The molecule has 0 bridgehead atoms. The van der Waals surface area contributed by atoms with Crippen LogP contribution in [0.5, 0.6) is 0 Å². The average Bonchev–Trinajstić information content (AvgIpc) is 2.47. The molecule has 0 radical (unpaired) electrons. The fraction of sp³-hybridized carbons (Fsp3) is 0.300. The van der Waals surface area contributed by atoms with Gasteiger partial charge in [-0.15, -0.1) is 0 Å². The lowest BCUT2D eigenvalue weighted by Crippen LogP contribution is -1.94. The van der Waals surface area contributed by atoms with Crippen LogP contribution in [0.15, 0.2) is 30.7 Å². The molecule has 0 N–H and O–H groups in total. The molecular formula is C10H12N2. The molecule has 0 aromatic carbocycles. The molecule has 2 heterocycles. The molecular weight excluding hydrogens is 148 g/mol. The van der Waals surface area contributed by atoms with E-state index in [-0.39, 0.29) is 0 Å². The first kappa shape index (κ1) is 7.35. The van der Waals surface area contributed by atoms with Crippen LogP contribution in [0, 0.1) is 0 Å². The van der Waals surface area contributed by atoms with Gasteiger partial charge in [-0.25, -0.2) is 0 Å². The van der Waals surface area contributed by atoms with Crippen molar-refractivity contribution in [1.82, 2.24) is 9.38 Å². The Morgan fingerprint density at radius 3 is 2.92 bits per heavy atom. The molecule has 12 heavy (non-hydrogen) atoms. The van der Waals surface area contributed by atoms with Crippen LogP contribution < -0.4 is 0 Å². The third-order valence-electron chi connectivity index (χ3n) is 2.08. The molecule has 2 aromatic heterocycles. The third kappa shape index (κ3) is 0.998. The Morgan fingerprint density at radius 1 is 1.33 bits per heavy atom. The number of nitrogens with zero attached hydrogens (tertiary/aromatic N) is 2. The van der Waals surface area contributed by atoms with Crippen molar-refractivity contribution in [3.05, 3.63) is 36.4 Å². The Bertz CT molecular complexity index is 387. The second-order valence-electron chi connectivity index (χ2n) is 3.28. The van der Waals surface area contributed by atoms with E-state index in [1.165, 1.54) is 11.2 Å². The zero-order valence-electron chi connectivity index (χ0n) is 7.36. The summed E-state index contributed by atoms with van der Waals surface area (Å²) in [5, 5.41) is 0. The van der Waals surface area contributed by atoms with E-state index in [9.17, 15) is 0 Å². The molecule has 62 valence electrons. The van der Waals surface area contributed by atoms with Gasteiger partial charge in [-0.05, 0) is 18.1 Å². The summed E-state index contributed by atoms with van der Waals surface area (Å²) in [7, 11) is 0. The molecule has 0 saturated carbocycles. The van der Waals surface area contributed by atoms with E-state index in [2.05, 4.69) is 35.4 Å². The summed E-state index contributed by atoms with van der Waals surface area (Å²) in [5.41, 5.74) is 2.51. The summed E-state index contributed by atoms with van der Waals surface area (Å²) in [6, 6.07) is 4.25. The van der Waals surface area contributed by atoms with Gasteiger partial charge in [0.15, 0.2) is 0 Å². The zero-order chi connectivity index (χ0) is 8.55. The highest BCUT2D eigenvalue weighted by atomic mass is 14.9. The summed E-state index contributed by atoms with van der Waals surface area (Å²) < 4.78 is 2.18. The summed E-state index contributed by atoms with van der Waals surface area (Å²) in [6.45, 7) is 4.39. The molecule has 0 aliphatic heterocycles. The Balaban J connectivity index is 2.70. The van der Waals surface area contributed by atoms with Crippen molar-refractivity contribution >= 4 is 5.52 Å². The van der Waals surface area contributed by atoms with E-state index in [1.807, 2.05) is 18.6 Å². The fourth-order valence-electron chi connectivity index (χ4n) is 1.45. The van der Waals surface area contributed by atoms with Gasteiger partial charge in [0.05, 0.1) is 11.7 Å². The highest BCUT2D eigenvalue weighted by molar-refractivity contribution is 5.47. The first-order valence-electron chi connectivity index (χ1n) is 4.20. The minimum atomic E-state index is 0.565. The van der Waals surface area contributed by atoms with Crippen LogP contribution in [-0.4, -0.2) is 9.38 Å². The molecule has 0 aliphatic rings. The second kappa shape index (κ2) is 2.63. The van der Waals surface area contributed by atoms with Crippen LogP contribution in [0.25, 0.3) is 5.52 Å². The van der Waals surface area contributed by atoms with Crippen LogP contribution in [0.2, 0.25) is 0 Å². The molecule has 0 saturated heterocycles. The first-order chi connectivity index (χ1) is 5.79. The topological polar surface area (TPSA) is 17.3 Å². The smallest absolute Gasteiger partial charge is 0.0636 e. The van der Waals surface area contributed by atoms with Crippen molar-refractivity contribution in [2.75, 3.05) is 0 Å². The molecule has 0 spiro atoms. The van der Waals surface area contributed by atoms with Crippen LogP contribution in [0.3, 0.4) is 0 Å². The highest BCUT2D eigenvalue weighted by Gasteiger charge is 2.03. The van der Waals surface area contributed by atoms with Gasteiger partial charge in [0, 0.05) is 18.1 Å². The Morgan fingerprint density at radius 2 is 2.17 bits per heavy atom. The molecule has 0 atom stereocenters. The number of rotatable bonds is 1. The van der Waals surface area contributed by atoms with Crippen LogP contribution in [0.1, 0.15) is 25.5 Å². The Hall–Kier alpha value is -1.31. The lowest BCUT2D eigenvalue weighted by atomic mass is 10.1. The summed E-state index contributed by atoms with van der Waals surface area (Å²) in [5.74, 6) is 0.565. The minimum absolute atomic E-state index is 0.565. The van der Waals surface area contributed by atoms with Gasteiger partial charge in [0.1, 0.15) is 0 Å². The lowest BCUT2D eigenvalue weighted by Gasteiger charge is -2.04. The normalized spacial score (nSPS) is 11.2. The molecule has 2 aromatic rings. The monoisotopic (exact) mass is 160 g/mol. The molecule has 0 fully saturated rings. The molecule has 2 nitrogen and oxygen atoms in total. The van der Waals surface area contributed by atoms with Crippen molar-refractivity contribution in [3.8, 4) is 0 Å². The highest BCUT2D eigenvalue weighted by Crippen LogP contribution is 2.17. The fourth-order valence-corrected chi connectivity index (χ4v) is 1.45. The van der Waals surface area contributed by atoms with Crippen molar-refractivity contribution < 1.29 is 0 Å². The quantitative estimate of drug-likeness (QED) is 0.626. The van der Waals surface area contributed by atoms with E-state index < -0.39 is 0 Å². The summed E-state index contributed by atoms with van der Waals surface area (Å²) in [6.07, 6.45) is 5.70. The molecule has 2 heteroatoms. The van der Waals surface area contributed by atoms with Crippen molar-refractivity contribution in [2.45, 2.75) is 19.8 Å². The number of aromatic nitrogens is 2. The predicted octanol–water partition coefficient (Wildman–Crippen LogP) is 2.46. The number of fused-ring (bicyclic) bond motifs is 1. The van der Waals surface area contributed by atoms with E-state index >= 15 is 0 Å². The maximum Gasteiger partial charge on any atom is 0.0636 e. The predicted molar refractivity (Wildman–Crippen MR) is 49.3 cm³/mol. The zero-order valence-corrected chi connectivity index (χ0v) is 7.36.